The van der Waals surface area contributed by atoms with E-state index in [9.17, 15) is 24.3 Å². The van der Waals surface area contributed by atoms with Crippen molar-refractivity contribution in [3.8, 4) is 11.5 Å². The third kappa shape index (κ3) is 8.25. The SMILES string of the molecule is CC(=O)SC(CC(=O)N[C@@H](Cc1ccccc1)C(=O)O)C(=O)c1ccc(Oc2ccc(Cl)cc2)cc1. The molecule has 3 aromatic rings. The molecule has 7 nitrogen and oxygen atoms in total. The molecule has 186 valence electrons. The molecule has 1 amide bonds. The second-order valence-corrected chi connectivity index (χ2v) is 9.71. The number of carboxylic acid groups (broad SMARTS) is 1. The summed E-state index contributed by atoms with van der Waals surface area (Å²) in [6, 6.07) is 20.9. The number of Topliss-reactive ketones (excluding diaryl/α,β-unsaturated/α-hetero) is 1. The van der Waals surface area contributed by atoms with E-state index in [4.69, 9.17) is 16.3 Å². The van der Waals surface area contributed by atoms with Gasteiger partial charge in [0.25, 0.3) is 0 Å². The first-order chi connectivity index (χ1) is 17.2. The van der Waals surface area contributed by atoms with Crippen LogP contribution in [0.2, 0.25) is 5.02 Å². The molecule has 0 aliphatic rings. The number of benzene rings is 3. The van der Waals surface area contributed by atoms with Gasteiger partial charge >= 0.3 is 5.97 Å². The fraction of sp³-hybridized carbons (Fsp3) is 0.185. The molecule has 36 heavy (non-hydrogen) atoms. The quantitative estimate of drug-likeness (QED) is 0.332. The number of nitrogens with one attached hydrogen (secondary N) is 1. The summed E-state index contributed by atoms with van der Waals surface area (Å²) in [4.78, 5) is 49.2. The fourth-order valence-electron chi connectivity index (χ4n) is 3.37. The monoisotopic (exact) mass is 525 g/mol. The molecule has 0 spiro atoms. The highest BCUT2D eigenvalue weighted by atomic mass is 35.5. The van der Waals surface area contributed by atoms with Crippen LogP contribution in [0.4, 0.5) is 0 Å². The Morgan fingerprint density at radius 3 is 2.06 bits per heavy atom. The number of aliphatic carboxylic acids is 1. The molecule has 1 unspecified atom stereocenters. The van der Waals surface area contributed by atoms with Crippen LogP contribution < -0.4 is 10.1 Å². The van der Waals surface area contributed by atoms with Gasteiger partial charge in [0, 0.05) is 30.4 Å². The van der Waals surface area contributed by atoms with Crippen LogP contribution in [0.5, 0.6) is 11.5 Å². The first-order valence-corrected chi connectivity index (χ1v) is 12.3. The number of rotatable bonds is 11. The molecule has 0 aromatic heterocycles. The zero-order valence-corrected chi connectivity index (χ0v) is 20.9. The van der Waals surface area contributed by atoms with Crippen molar-refractivity contribution in [2.75, 3.05) is 0 Å². The molecule has 0 radical (unpaired) electrons. The van der Waals surface area contributed by atoms with Gasteiger partial charge in [-0.2, -0.15) is 0 Å². The second-order valence-electron chi connectivity index (χ2n) is 7.89. The van der Waals surface area contributed by atoms with Crippen molar-refractivity contribution >= 4 is 46.1 Å². The number of thioether (sulfide) groups is 1. The fourth-order valence-corrected chi connectivity index (χ4v) is 4.38. The predicted octanol–water partition coefficient (Wildman–Crippen LogP) is 5.17. The van der Waals surface area contributed by atoms with Gasteiger partial charge in [0.05, 0.1) is 5.25 Å². The molecule has 0 saturated carbocycles. The molecule has 2 N–H and O–H groups in total. The van der Waals surface area contributed by atoms with Crippen molar-refractivity contribution in [1.82, 2.24) is 5.32 Å². The summed E-state index contributed by atoms with van der Waals surface area (Å²) in [5.41, 5.74) is 1.04. The van der Waals surface area contributed by atoms with Crippen LogP contribution in [0.15, 0.2) is 78.9 Å². The van der Waals surface area contributed by atoms with E-state index >= 15 is 0 Å². The van der Waals surface area contributed by atoms with Crippen LogP contribution in [0.25, 0.3) is 0 Å². The van der Waals surface area contributed by atoms with Gasteiger partial charge in [-0.15, -0.1) is 0 Å². The van der Waals surface area contributed by atoms with Crippen LogP contribution in [-0.2, 0) is 20.8 Å². The minimum atomic E-state index is -1.19. The molecule has 2 atom stereocenters. The van der Waals surface area contributed by atoms with E-state index < -0.39 is 29.0 Å². The Morgan fingerprint density at radius 2 is 1.50 bits per heavy atom. The van der Waals surface area contributed by atoms with Gasteiger partial charge in [0.2, 0.25) is 5.91 Å². The molecule has 0 aliphatic carbocycles. The van der Waals surface area contributed by atoms with Crippen molar-refractivity contribution in [3.63, 3.8) is 0 Å². The maximum Gasteiger partial charge on any atom is 0.326 e. The normalized spacial score (nSPS) is 12.3. The van der Waals surface area contributed by atoms with Gasteiger partial charge in [-0.25, -0.2) is 4.79 Å². The molecule has 0 aliphatic heterocycles. The predicted molar refractivity (Wildman–Crippen MR) is 139 cm³/mol. The van der Waals surface area contributed by atoms with Crippen LogP contribution in [0.1, 0.15) is 29.3 Å². The van der Waals surface area contributed by atoms with E-state index in [1.54, 1.807) is 72.8 Å². The Labute approximate surface area is 217 Å². The molecule has 9 heteroatoms. The molecule has 3 rings (SSSR count). The number of hydrogen-bond donors (Lipinski definition) is 2. The maximum absolute atomic E-state index is 13.1. The van der Waals surface area contributed by atoms with Crippen LogP contribution in [-0.4, -0.2) is 39.2 Å². The lowest BCUT2D eigenvalue weighted by atomic mass is 10.0. The van der Waals surface area contributed by atoms with Crippen LogP contribution >= 0.6 is 23.4 Å². The van der Waals surface area contributed by atoms with Crippen LogP contribution in [0.3, 0.4) is 0 Å². The number of hydrogen-bond acceptors (Lipinski definition) is 6. The average molecular weight is 526 g/mol. The summed E-state index contributed by atoms with van der Waals surface area (Å²) >= 11 is 6.61. The Bertz CT molecular complexity index is 1220. The summed E-state index contributed by atoms with van der Waals surface area (Å²) in [7, 11) is 0. The standard InChI is InChI=1S/C27H24ClNO6S/c1-17(30)36-24(16-25(31)29-23(27(33)34)15-18-5-3-2-4-6-18)26(32)19-7-11-21(12-8-19)35-22-13-9-20(28)10-14-22/h2-14,23-24H,15-16H2,1H3,(H,29,31)(H,33,34)/t23-,24?/m0/s1. The van der Waals surface area contributed by atoms with Gasteiger partial charge in [0.1, 0.15) is 17.5 Å². The van der Waals surface area contributed by atoms with Gasteiger partial charge in [0.15, 0.2) is 10.9 Å². The topological polar surface area (TPSA) is 110 Å². The number of carbonyl (C=O) groups is 4. The van der Waals surface area contributed by atoms with Crippen molar-refractivity contribution in [1.29, 1.82) is 0 Å². The largest absolute Gasteiger partial charge is 0.480 e. The van der Waals surface area contributed by atoms with Crippen LogP contribution in [0, 0.1) is 0 Å². The van der Waals surface area contributed by atoms with E-state index in [0.29, 0.717) is 22.1 Å². The highest BCUT2D eigenvalue weighted by molar-refractivity contribution is 8.14. The number of ketones is 1. The highest BCUT2D eigenvalue weighted by Gasteiger charge is 2.28. The van der Waals surface area contributed by atoms with Crippen molar-refractivity contribution < 1.29 is 29.0 Å². The molecule has 0 fully saturated rings. The average Bonchev–Trinajstić information content (AvgIpc) is 2.85. The van der Waals surface area contributed by atoms with E-state index in [0.717, 1.165) is 17.3 Å². The third-order valence-corrected chi connectivity index (χ3v) is 6.32. The lowest BCUT2D eigenvalue weighted by Crippen LogP contribution is -2.43. The molecule has 3 aromatic carbocycles. The zero-order valence-electron chi connectivity index (χ0n) is 19.3. The third-order valence-electron chi connectivity index (χ3n) is 5.08. The smallest absolute Gasteiger partial charge is 0.326 e. The van der Waals surface area contributed by atoms with Crippen molar-refractivity contribution in [3.05, 3.63) is 95.0 Å². The second kappa shape index (κ2) is 12.9. The first-order valence-electron chi connectivity index (χ1n) is 11.0. The van der Waals surface area contributed by atoms with Gasteiger partial charge < -0.3 is 15.2 Å². The summed E-state index contributed by atoms with van der Waals surface area (Å²) in [6.07, 6.45) is -0.250. The molecular formula is C27H24ClNO6S. The summed E-state index contributed by atoms with van der Waals surface area (Å²) < 4.78 is 5.72. The molecule has 0 heterocycles. The first kappa shape index (κ1) is 27.0. The Kier molecular flexibility index (Phi) is 9.67. The maximum atomic E-state index is 13.1. The van der Waals surface area contributed by atoms with Gasteiger partial charge in [-0.1, -0.05) is 53.7 Å². The minimum absolute atomic E-state index is 0.0927. The molecular weight excluding hydrogens is 502 g/mol. The van der Waals surface area contributed by atoms with E-state index in [2.05, 4.69) is 5.32 Å². The van der Waals surface area contributed by atoms with Crippen molar-refractivity contribution in [2.45, 2.75) is 31.1 Å². The number of carbonyl (C=O) groups excluding carboxylic acids is 3. The highest BCUT2D eigenvalue weighted by Crippen LogP contribution is 2.26. The number of ether oxygens (including phenoxy) is 1. The number of amides is 1. The lowest BCUT2D eigenvalue weighted by molar-refractivity contribution is -0.141. The minimum Gasteiger partial charge on any atom is -0.480 e. The molecule has 0 saturated heterocycles. The Morgan fingerprint density at radius 1 is 0.917 bits per heavy atom. The molecule has 0 bridgehead atoms. The summed E-state index contributed by atoms with van der Waals surface area (Å²) in [5.74, 6) is -1.17. The van der Waals surface area contributed by atoms with E-state index in [-0.39, 0.29) is 18.0 Å². The Balaban J connectivity index is 1.67. The van der Waals surface area contributed by atoms with E-state index in [1.807, 2.05) is 6.07 Å². The lowest BCUT2D eigenvalue weighted by Gasteiger charge is -2.18. The Hall–Kier alpha value is -3.62. The van der Waals surface area contributed by atoms with Gasteiger partial charge in [-0.05, 0) is 54.1 Å². The zero-order chi connectivity index (χ0) is 26.1. The number of carboxylic acids is 1. The van der Waals surface area contributed by atoms with E-state index in [1.165, 1.54) is 6.92 Å². The number of halogens is 1. The van der Waals surface area contributed by atoms with Gasteiger partial charge in [-0.3, -0.25) is 14.4 Å². The van der Waals surface area contributed by atoms with Crippen molar-refractivity contribution in [2.24, 2.45) is 0 Å². The summed E-state index contributed by atoms with van der Waals surface area (Å²) in [6.45, 7) is 1.31. The summed E-state index contributed by atoms with van der Waals surface area (Å²) in [5, 5.41) is 11.3.